The van der Waals surface area contributed by atoms with Gasteiger partial charge in [-0.1, -0.05) is 18.2 Å². The second-order valence-corrected chi connectivity index (χ2v) is 3.96. The number of nitrogens with two attached hydrogens (primary N) is 1. The third-order valence-corrected chi connectivity index (χ3v) is 2.66. The lowest BCUT2D eigenvalue weighted by atomic mass is 10.1. The first-order valence-corrected chi connectivity index (χ1v) is 4.72. The van der Waals surface area contributed by atoms with Crippen LogP contribution in [0.4, 0.5) is 5.69 Å². The second kappa shape index (κ2) is 3.04. The zero-order chi connectivity index (χ0) is 9.42. The van der Waals surface area contributed by atoms with Crippen molar-refractivity contribution in [3.8, 4) is 0 Å². The Morgan fingerprint density at radius 3 is 2.46 bits per heavy atom. The number of nitrogens with zero attached hydrogens (tertiary/aromatic N) is 1. The Kier molecular flexibility index (Phi) is 2.00. The van der Waals surface area contributed by atoms with Crippen molar-refractivity contribution in [3.63, 3.8) is 0 Å². The van der Waals surface area contributed by atoms with Crippen LogP contribution in [-0.2, 0) is 0 Å². The Morgan fingerprint density at radius 2 is 1.92 bits per heavy atom. The molecule has 0 unspecified atom stereocenters. The molecule has 2 atom stereocenters. The Morgan fingerprint density at radius 1 is 1.31 bits per heavy atom. The van der Waals surface area contributed by atoms with E-state index in [0.717, 1.165) is 6.42 Å². The highest BCUT2D eigenvalue weighted by Gasteiger charge is 2.36. The fourth-order valence-corrected chi connectivity index (χ4v) is 1.78. The van der Waals surface area contributed by atoms with E-state index in [1.165, 1.54) is 11.3 Å². The third-order valence-electron chi connectivity index (χ3n) is 2.66. The molecule has 0 spiro atoms. The average Bonchev–Trinajstić information content (AvgIpc) is 2.82. The van der Waals surface area contributed by atoms with Gasteiger partial charge >= 0.3 is 0 Å². The lowest BCUT2D eigenvalue weighted by Gasteiger charge is -2.16. The molecule has 0 aromatic heterocycles. The molecule has 2 nitrogen and oxygen atoms in total. The van der Waals surface area contributed by atoms with Crippen LogP contribution >= 0.6 is 0 Å². The Hall–Kier alpha value is -1.02. The number of hydrogen-bond donors (Lipinski definition) is 1. The van der Waals surface area contributed by atoms with Crippen molar-refractivity contribution in [1.29, 1.82) is 0 Å². The lowest BCUT2D eigenvalue weighted by Crippen LogP contribution is -2.12. The molecule has 1 aliphatic carbocycles. The van der Waals surface area contributed by atoms with Crippen molar-refractivity contribution in [2.45, 2.75) is 18.4 Å². The summed E-state index contributed by atoms with van der Waals surface area (Å²) in [6.45, 7) is 0. The van der Waals surface area contributed by atoms with Crippen molar-refractivity contribution in [1.82, 2.24) is 0 Å². The van der Waals surface area contributed by atoms with Crippen LogP contribution in [0.15, 0.2) is 24.3 Å². The minimum atomic E-state index is 0.390. The molecule has 2 N–H and O–H groups in total. The molecule has 13 heavy (non-hydrogen) atoms. The fraction of sp³-hybridized carbons (Fsp3) is 0.455. The van der Waals surface area contributed by atoms with Gasteiger partial charge in [0.1, 0.15) is 0 Å². The van der Waals surface area contributed by atoms with Gasteiger partial charge in [-0.2, -0.15) is 0 Å². The molecule has 1 aliphatic rings. The minimum Gasteiger partial charge on any atom is -0.377 e. The first-order valence-electron chi connectivity index (χ1n) is 4.72. The van der Waals surface area contributed by atoms with Crippen LogP contribution in [0, 0.1) is 0 Å². The molecule has 1 aromatic carbocycles. The van der Waals surface area contributed by atoms with Crippen molar-refractivity contribution < 1.29 is 0 Å². The van der Waals surface area contributed by atoms with Gasteiger partial charge in [0, 0.05) is 31.7 Å². The minimum absolute atomic E-state index is 0.390. The van der Waals surface area contributed by atoms with Gasteiger partial charge in [-0.05, 0) is 18.1 Å². The first-order chi connectivity index (χ1) is 6.20. The van der Waals surface area contributed by atoms with Gasteiger partial charge in [-0.3, -0.25) is 0 Å². The van der Waals surface area contributed by atoms with Gasteiger partial charge in [-0.15, -0.1) is 0 Å². The van der Waals surface area contributed by atoms with E-state index < -0.39 is 0 Å². The van der Waals surface area contributed by atoms with Gasteiger partial charge in [0.15, 0.2) is 0 Å². The number of benzene rings is 1. The van der Waals surface area contributed by atoms with E-state index >= 15 is 0 Å². The summed E-state index contributed by atoms with van der Waals surface area (Å²) in [4.78, 5) is 2.15. The van der Waals surface area contributed by atoms with Crippen molar-refractivity contribution in [2.24, 2.45) is 5.73 Å². The number of para-hydroxylation sites is 1. The molecule has 0 bridgehead atoms. The molecule has 0 amide bonds. The molecule has 0 saturated heterocycles. The molecule has 0 radical (unpaired) electrons. The van der Waals surface area contributed by atoms with Crippen LogP contribution in [0.5, 0.6) is 0 Å². The van der Waals surface area contributed by atoms with Crippen LogP contribution in [0.1, 0.15) is 17.9 Å². The molecule has 1 fully saturated rings. The molecule has 2 heteroatoms. The summed E-state index contributed by atoms with van der Waals surface area (Å²) in [5.41, 5.74) is 8.56. The van der Waals surface area contributed by atoms with E-state index in [1.54, 1.807) is 0 Å². The predicted octanol–water partition coefficient (Wildman–Crippen LogP) is 1.57. The first kappa shape index (κ1) is 8.57. The highest BCUT2D eigenvalue weighted by atomic mass is 15.1. The molecule has 0 aliphatic heterocycles. The van der Waals surface area contributed by atoms with E-state index in [2.05, 4.69) is 43.3 Å². The summed E-state index contributed by atoms with van der Waals surface area (Å²) in [7, 11) is 4.15. The lowest BCUT2D eigenvalue weighted by molar-refractivity contribution is 0.975. The Balaban J connectivity index is 2.33. The number of anilines is 1. The monoisotopic (exact) mass is 176 g/mol. The maximum atomic E-state index is 5.85. The molecule has 1 saturated carbocycles. The van der Waals surface area contributed by atoms with Crippen LogP contribution < -0.4 is 10.6 Å². The maximum Gasteiger partial charge on any atom is 0.0397 e. The normalized spacial score (nSPS) is 25.8. The highest BCUT2D eigenvalue weighted by molar-refractivity contribution is 5.56. The van der Waals surface area contributed by atoms with Crippen molar-refractivity contribution in [3.05, 3.63) is 29.8 Å². The van der Waals surface area contributed by atoms with Gasteiger partial charge in [-0.25, -0.2) is 0 Å². The fourth-order valence-electron chi connectivity index (χ4n) is 1.78. The standard InChI is InChI=1S/C11H16N2/c1-13(2)11-6-4-3-5-8(11)9-7-10(9)12/h3-6,9-10H,7,12H2,1-2H3/t9-,10+/m0/s1. The topological polar surface area (TPSA) is 29.3 Å². The summed E-state index contributed by atoms with van der Waals surface area (Å²) >= 11 is 0. The third kappa shape index (κ3) is 1.54. The predicted molar refractivity (Wildman–Crippen MR) is 56.1 cm³/mol. The zero-order valence-electron chi connectivity index (χ0n) is 8.20. The molecular formula is C11H16N2. The van der Waals surface area contributed by atoms with Crippen LogP contribution in [0.3, 0.4) is 0 Å². The molecule has 70 valence electrons. The van der Waals surface area contributed by atoms with E-state index in [1.807, 2.05) is 0 Å². The average molecular weight is 176 g/mol. The molecule has 2 rings (SSSR count). The van der Waals surface area contributed by atoms with Gasteiger partial charge < -0.3 is 10.6 Å². The van der Waals surface area contributed by atoms with Crippen molar-refractivity contribution >= 4 is 5.69 Å². The summed E-state index contributed by atoms with van der Waals surface area (Å²) in [5, 5.41) is 0. The van der Waals surface area contributed by atoms with E-state index in [0.29, 0.717) is 12.0 Å². The summed E-state index contributed by atoms with van der Waals surface area (Å²) in [6, 6.07) is 8.90. The quantitative estimate of drug-likeness (QED) is 0.741. The van der Waals surface area contributed by atoms with Crippen LogP contribution in [0.25, 0.3) is 0 Å². The van der Waals surface area contributed by atoms with Gasteiger partial charge in [0.2, 0.25) is 0 Å². The van der Waals surface area contributed by atoms with E-state index in [4.69, 9.17) is 5.73 Å². The SMILES string of the molecule is CN(C)c1ccccc1[C@@H]1C[C@H]1N. The van der Waals surface area contributed by atoms with Crippen molar-refractivity contribution in [2.75, 3.05) is 19.0 Å². The number of rotatable bonds is 2. The molecule has 0 heterocycles. The largest absolute Gasteiger partial charge is 0.377 e. The zero-order valence-corrected chi connectivity index (χ0v) is 8.20. The highest BCUT2D eigenvalue weighted by Crippen LogP contribution is 2.42. The Labute approximate surface area is 79.4 Å². The van der Waals surface area contributed by atoms with Gasteiger partial charge in [0.25, 0.3) is 0 Å². The molecular weight excluding hydrogens is 160 g/mol. The maximum absolute atomic E-state index is 5.85. The second-order valence-electron chi connectivity index (χ2n) is 3.96. The van der Waals surface area contributed by atoms with E-state index in [9.17, 15) is 0 Å². The summed E-state index contributed by atoms with van der Waals surface area (Å²) in [5.74, 6) is 0.596. The molecule has 1 aromatic rings. The Bertz CT molecular complexity index is 307. The van der Waals surface area contributed by atoms with Crippen LogP contribution in [0.2, 0.25) is 0 Å². The smallest absolute Gasteiger partial charge is 0.0397 e. The van der Waals surface area contributed by atoms with E-state index in [-0.39, 0.29) is 0 Å². The van der Waals surface area contributed by atoms with Crippen LogP contribution in [-0.4, -0.2) is 20.1 Å². The van der Waals surface area contributed by atoms with Gasteiger partial charge in [0.05, 0.1) is 0 Å². The summed E-state index contributed by atoms with van der Waals surface area (Å²) in [6.07, 6.45) is 1.14. The summed E-state index contributed by atoms with van der Waals surface area (Å²) < 4.78 is 0. The number of hydrogen-bond acceptors (Lipinski definition) is 2.